The molecule has 6 nitrogen and oxygen atoms in total. The highest BCUT2D eigenvalue weighted by atomic mass is 35.5. The molecule has 2 aromatic carbocycles. The molecular formula is C22H20ClN5O. The highest BCUT2D eigenvalue weighted by molar-refractivity contribution is 6.32. The first-order valence-electron chi connectivity index (χ1n) is 9.49. The Morgan fingerprint density at radius 3 is 2.76 bits per heavy atom. The molecule has 29 heavy (non-hydrogen) atoms. The molecule has 1 aliphatic carbocycles. The van der Waals surface area contributed by atoms with Gasteiger partial charge in [0.1, 0.15) is 17.9 Å². The molecule has 2 heterocycles. The second-order valence-electron chi connectivity index (χ2n) is 7.81. The zero-order valence-electron chi connectivity index (χ0n) is 15.9. The van der Waals surface area contributed by atoms with E-state index in [2.05, 4.69) is 39.1 Å². The van der Waals surface area contributed by atoms with Crippen molar-refractivity contribution >= 4 is 39.7 Å². The fourth-order valence-electron chi connectivity index (χ4n) is 4.16. The van der Waals surface area contributed by atoms with Crippen LogP contribution in [-0.2, 0) is 0 Å². The number of phenols is 1. The van der Waals surface area contributed by atoms with Crippen molar-refractivity contribution in [3.63, 3.8) is 0 Å². The number of anilines is 3. The summed E-state index contributed by atoms with van der Waals surface area (Å²) in [6.07, 6.45) is 1.50. The number of rotatable bonds is 2. The van der Waals surface area contributed by atoms with Crippen LogP contribution >= 0.6 is 11.6 Å². The number of nitrogen functional groups attached to an aromatic ring is 1. The van der Waals surface area contributed by atoms with Crippen molar-refractivity contribution < 1.29 is 5.11 Å². The maximum absolute atomic E-state index is 9.59. The minimum Gasteiger partial charge on any atom is -0.506 e. The molecule has 0 bridgehead atoms. The van der Waals surface area contributed by atoms with E-state index in [1.807, 2.05) is 12.1 Å². The van der Waals surface area contributed by atoms with E-state index < -0.39 is 0 Å². The fourth-order valence-corrected chi connectivity index (χ4v) is 4.34. The van der Waals surface area contributed by atoms with Crippen molar-refractivity contribution in [2.24, 2.45) is 17.8 Å². The molecule has 1 saturated carbocycles. The second kappa shape index (κ2) is 6.80. The van der Waals surface area contributed by atoms with E-state index in [1.54, 1.807) is 12.1 Å². The molecule has 1 aromatic heterocycles. The Morgan fingerprint density at radius 2 is 2.00 bits per heavy atom. The molecule has 1 saturated heterocycles. The molecule has 0 spiro atoms. The number of benzene rings is 2. The number of nitrogens with two attached hydrogens (primary N) is 1. The minimum atomic E-state index is 0.0312. The van der Waals surface area contributed by atoms with E-state index in [1.165, 1.54) is 12.4 Å². The van der Waals surface area contributed by atoms with Crippen molar-refractivity contribution in [3.8, 4) is 17.6 Å². The van der Waals surface area contributed by atoms with Gasteiger partial charge in [0.15, 0.2) is 0 Å². The standard InChI is InChI=1S/C22H20ClN5O/c1-28-9-16-14(17(16)10-28)4-2-12-6-20-15(8-19(12)24)22(26-11-25-20)27-13-3-5-21(29)18(23)7-13/h3,5-8,11,14,16-17,29H,9-10,24H2,1H3,(H,25,26,27)/t14?,16-,17+. The van der Waals surface area contributed by atoms with E-state index in [4.69, 9.17) is 17.3 Å². The molecule has 1 aliphatic heterocycles. The number of nitrogens with zero attached hydrogens (tertiary/aromatic N) is 3. The third-order valence-corrected chi connectivity index (χ3v) is 6.07. The molecule has 4 N–H and O–H groups in total. The zero-order chi connectivity index (χ0) is 20.1. The lowest BCUT2D eigenvalue weighted by Gasteiger charge is -2.11. The quantitative estimate of drug-likeness (QED) is 0.344. The summed E-state index contributed by atoms with van der Waals surface area (Å²) in [7, 11) is 2.16. The average molecular weight is 406 g/mol. The predicted octanol–water partition coefficient (Wildman–Crippen LogP) is 3.47. The van der Waals surface area contributed by atoms with Gasteiger partial charge in [-0.05, 0) is 49.2 Å². The second-order valence-corrected chi connectivity index (χ2v) is 8.22. The number of fused-ring (bicyclic) bond motifs is 2. The summed E-state index contributed by atoms with van der Waals surface area (Å²) in [6, 6.07) is 8.66. The average Bonchev–Trinajstić information content (AvgIpc) is 3.15. The summed E-state index contributed by atoms with van der Waals surface area (Å²) in [4.78, 5) is 11.1. The van der Waals surface area contributed by atoms with Crippen LogP contribution in [0.15, 0.2) is 36.7 Å². The van der Waals surface area contributed by atoms with Crippen molar-refractivity contribution in [2.45, 2.75) is 0 Å². The lowest BCUT2D eigenvalue weighted by Crippen LogP contribution is -2.18. The van der Waals surface area contributed by atoms with E-state index >= 15 is 0 Å². The zero-order valence-corrected chi connectivity index (χ0v) is 16.6. The number of phenolic OH excluding ortho intramolecular Hbond substituents is 1. The van der Waals surface area contributed by atoms with E-state index in [0.29, 0.717) is 34.9 Å². The maximum atomic E-state index is 9.59. The van der Waals surface area contributed by atoms with Gasteiger partial charge in [0.25, 0.3) is 0 Å². The van der Waals surface area contributed by atoms with Gasteiger partial charge in [-0.25, -0.2) is 9.97 Å². The number of likely N-dealkylation sites (tertiary alicyclic amines) is 1. The van der Waals surface area contributed by atoms with E-state index in [-0.39, 0.29) is 10.8 Å². The Labute approximate surface area is 173 Å². The smallest absolute Gasteiger partial charge is 0.141 e. The molecule has 0 amide bonds. The monoisotopic (exact) mass is 405 g/mol. The van der Waals surface area contributed by atoms with Crippen molar-refractivity contribution in [1.82, 2.24) is 14.9 Å². The van der Waals surface area contributed by atoms with Gasteiger partial charge in [-0.1, -0.05) is 23.4 Å². The summed E-state index contributed by atoms with van der Waals surface area (Å²) in [5.74, 6) is 9.25. The Bertz CT molecular complexity index is 1170. The Kier molecular flexibility index (Phi) is 4.23. The maximum Gasteiger partial charge on any atom is 0.141 e. The Balaban J connectivity index is 1.43. The lowest BCUT2D eigenvalue weighted by molar-refractivity contribution is 0.360. The van der Waals surface area contributed by atoms with Crippen LogP contribution < -0.4 is 11.1 Å². The predicted molar refractivity (Wildman–Crippen MR) is 115 cm³/mol. The van der Waals surface area contributed by atoms with Gasteiger partial charge >= 0.3 is 0 Å². The summed E-state index contributed by atoms with van der Waals surface area (Å²) in [5, 5.41) is 13.9. The summed E-state index contributed by atoms with van der Waals surface area (Å²) in [5.41, 5.74) is 9.17. The highest BCUT2D eigenvalue weighted by Gasteiger charge is 2.53. The topological polar surface area (TPSA) is 87.3 Å². The first kappa shape index (κ1) is 18.0. The molecule has 0 radical (unpaired) electrons. The number of nitrogens with one attached hydrogen (secondary N) is 1. The first-order chi connectivity index (χ1) is 14.0. The SMILES string of the molecule is CN1C[C@@H]2C(C#Cc3cc4ncnc(Nc5ccc(O)c(Cl)c5)c4cc3N)[C@@H]2C1. The Hall–Kier alpha value is -3.01. The molecular weight excluding hydrogens is 386 g/mol. The highest BCUT2D eigenvalue weighted by Crippen LogP contribution is 2.50. The van der Waals surface area contributed by atoms with Crippen LogP contribution in [0.5, 0.6) is 5.75 Å². The molecule has 5 rings (SSSR count). The normalized spacial score (nSPS) is 22.8. The molecule has 2 aliphatic rings. The molecule has 2 fully saturated rings. The summed E-state index contributed by atoms with van der Waals surface area (Å²) >= 11 is 5.99. The van der Waals surface area contributed by atoms with Gasteiger partial charge in [0.2, 0.25) is 0 Å². The number of halogens is 1. The third-order valence-electron chi connectivity index (χ3n) is 5.77. The van der Waals surface area contributed by atoms with Crippen molar-refractivity contribution in [3.05, 3.63) is 47.2 Å². The van der Waals surface area contributed by atoms with Crippen LogP contribution in [0.4, 0.5) is 17.2 Å². The largest absolute Gasteiger partial charge is 0.506 e. The van der Waals surface area contributed by atoms with Crippen LogP contribution in [0.1, 0.15) is 5.56 Å². The van der Waals surface area contributed by atoms with Crippen molar-refractivity contribution in [1.29, 1.82) is 0 Å². The lowest BCUT2D eigenvalue weighted by atomic mass is 10.1. The van der Waals surface area contributed by atoms with Crippen LogP contribution in [0.3, 0.4) is 0 Å². The summed E-state index contributed by atoms with van der Waals surface area (Å²) in [6.45, 7) is 2.28. The first-order valence-corrected chi connectivity index (χ1v) is 9.87. The molecule has 7 heteroatoms. The molecule has 1 unspecified atom stereocenters. The van der Waals surface area contributed by atoms with E-state index in [0.717, 1.165) is 29.6 Å². The van der Waals surface area contributed by atoms with Gasteiger partial charge in [-0.15, -0.1) is 0 Å². The third kappa shape index (κ3) is 3.33. The van der Waals surface area contributed by atoms with Crippen LogP contribution in [0, 0.1) is 29.6 Å². The number of hydrogen-bond acceptors (Lipinski definition) is 6. The number of hydrogen-bond donors (Lipinski definition) is 3. The van der Waals surface area contributed by atoms with Crippen LogP contribution in [-0.4, -0.2) is 40.1 Å². The summed E-state index contributed by atoms with van der Waals surface area (Å²) < 4.78 is 0. The van der Waals surface area contributed by atoms with Gasteiger partial charge in [-0.3, -0.25) is 0 Å². The van der Waals surface area contributed by atoms with Gasteiger partial charge < -0.3 is 21.1 Å². The van der Waals surface area contributed by atoms with Crippen molar-refractivity contribution in [2.75, 3.05) is 31.2 Å². The minimum absolute atomic E-state index is 0.0312. The van der Waals surface area contributed by atoms with Gasteiger partial charge in [0, 0.05) is 41.3 Å². The molecule has 3 aromatic rings. The molecule has 146 valence electrons. The van der Waals surface area contributed by atoms with Crippen LogP contribution in [0.2, 0.25) is 5.02 Å². The number of aromatic nitrogens is 2. The fraction of sp³-hybridized carbons (Fsp3) is 0.273. The van der Waals surface area contributed by atoms with Gasteiger partial charge in [-0.2, -0.15) is 0 Å². The van der Waals surface area contributed by atoms with E-state index in [9.17, 15) is 5.11 Å². The van der Waals surface area contributed by atoms with Gasteiger partial charge in [0.05, 0.1) is 10.5 Å². The Morgan fingerprint density at radius 1 is 1.21 bits per heavy atom. The number of piperidine rings is 1. The molecule has 3 atom stereocenters. The van der Waals surface area contributed by atoms with Crippen LogP contribution in [0.25, 0.3) is 10.9 Å². The number of aromatic hydroxyl groups is 1.